The lowest BCUT2D eigenvalue weighted by molar-refractivity contribution is 0.0472. The Morgan fingerprint density at radius 1 is 1.31 bits per heavy atom. The molecule has 79 valence electrons. The van der Waals surface area contributed by atoms with E-state index in [1.807, 2.05) is 30.3 Å². The Morgan fingerprint density at radius 2 is 2.12 bits per heavy atom. The van der Waals surface area contributed by atoms with Crippen molar-refractivity contribution in [3.63, 3.8) is 0 Å². The SMILES string of the molecule is O=C(OCc1ccccc1)c1c[c]cnc1. The van der Waals surface area contributed by atoms with E-state index >= 15 is 0 Å². The molecule has 0 saturated carbocycles. The molecule has 3 heteroatoms. The number of carbonyl (C=O) groups is 1. The fraction of sp³-hybridized carbons (Fsp3) is 0.0769. The standard InChI is InChI=1S/C13H10NO2/c15-13(12-7-4-8-14-9-12)16-10-11-5-2-1-3-6-11/h1-3,5-9H,10H2. The molecular weight excluding hydrogens is 202 g/mol. The zero-order chi connectivity index (χ0) is 11.2. The van der Waals surface area contributed by atoms with Crippen LogP contribution < -0.4 is 0 Å². The van der Waals surface area contributed by atoms with Gasteiger partial charge in [0.05, 0.1) is 5.56 Å². The molecule has 3 nitrogen and oxygen atoms in total. The van der Waals surface area contributed by atoms with Crippen molar-refractivity contribution in [2.24, 2.45) is 0 Å². The number of rotatable bonds is 3. The lowest BCUT2D eigenvalue weighted by atomic mass is 10.2. The zero-order valence-electron chi connectivity index (χ0n) is 8.59. The molecule has 1 heterocycles. The highest BCUT2D eigenvalue weighted by atomic mass is 16.5. The molecule has 2 rings (SSSR count). The molecule has 0 unspecified atom stereocenters. The number of hydrogen-bond donors (Lipinski definition) is 0. The number of hydrogen-bond acceptors (Lipinski definition) is 3. The van der Waals surface area contributed by atoms with Gasteiger partial charge in [-0.25, -0.2) is 4.79 Å². The van der Waals surface area contributed by atoms with Gasteiger partial charge in [0.1, 0.15) is 6.61 Å². The molecule has 2 aromatic rings. The summed E-state index contributed by atoms with van der Waals surface area (Å²) < 4.78 is 5.12. The van der Waals surface area contributed by atoms with E-state index in [1.54, 1.807) is 6.07 Å². The van der Waals surface area contributed by atoms with Gasteiger partial charge in [-0.3, -0.25) is 4.98 Å². The van der Waals surface area contributed by atoms with Crippen LogP contribution in [0, 0.1) is 6.07 Å². The monoisotopic (exact) mass is 212 g/mol. The number of aromatic nitrogens is 1. The summed E-state index contributed by atoms with van der Waals surface area (Å²) in [7, 11) is 0. The Hall–Kier alpha value is -2.16. The first-order valence-corrected chi connectivity index (χ1v) is 4.88. The molecule has 0 N–H and O–H groups in total. The first-order valence-electron chi connectivity index (χ1n) is 4.88. The Kier molecular flexibility index (Phi) is 3.28. The van der Waals surface area contributed by atoms with Gasteiger partial charge in [0.25, 0.3) is 0 Å². The minimum Gasteiger partial charge on any atom is -0.457 e. The number of pyridine rings is 1. The van der Waals surface area contributed by atoms with E-state index in [4.69, 9.17) is 4.74 Å². The second-order valence-corrected chi connectivity index (χ2v) is 3.24. The molecule has 0 atom stereocenters. The second-order valence-electron chi connectivity index (χ2n) is 3.24. The van der Waals surface area contributed by atoms with Crippen molar-refractivity contribution < 1.29 is 9.53 Å². The van der Waals surface area contributed by atoms with Gasteiger partial charge in [0.2, 0.25) is 0 Å². The summed E-state index contributed by atoms with van der Waals surface area (Å²) in [6, 6.07) is 13.8. The molecule has 0 aliphatic rings. The summed E-state index contributed by atoms with van der Waals surface area (Å²) >= 11 is 0. The number of esters is 1. The summed E-state index contributed by atoms with van der Waals surface area (Å²) in [5, 5.41) is 0. The van der Waals surface area contributed by atoms with Gasteiger partial charge >= 0.3 is 5.97 Å². The lowest BCUT2D eigenvalue weighted by Crippen LogP contribution is -2.05. The van der Waals surface area contributed by atoms with Gasteiger partial charge in [0, 0.05) is 18.5 Å². The number of ether oxygens (including phenoxy) is 1. The Labute approximate surface area is 93.7 Å². The summed E-state index contributed by atoms with van der Waals surface area (Å²) in [6.07, 6.45) is 2.96. The summed E-state index contributed by atoms with van der Waals surface area (Å²) in [5.74, 6) is -0.381. The summed E-state index contributed by atoms with van der Waals surface area (Å²) in [5.41, 5.74) is 1.38. The van der Waals surface area contributed by atoms with E-state index in [0.29, 0.717) is 5.56 Å². The van der Waals surface area contributed by atoms with Gasteiger partial charge in [0.15, 0.2) is 0 Å². The predicted octanol–water partition coefficient (Wildman–Crippen LogP) is 2.24. The van der Waals surface area contributed by atoms with E-state index in [9.17, 15) is 4.79 Å². The van der Waals surface area contributed by atoms with Crippen molar-refractivity contribution in [2.45, 2.75) is 6.61 Å². The normalized spacial score (nSPS) is 9.75. The summed E-state index contributed by atoms with van der Waals surface area (Å²) in [6.45, 7) is 0.272. The topological polar surface area (TPSA) is 39.2 Å². The maximum Gasteiger partial charge on any atom is 0.340 e. The Bertz CT molecular complexity index is 454. The van der Waals surface area contributed by atoms with Gasteiger partial charge in [-0.1, -0.05) is 30.3 Å². The van der Waals surface area contributed by atoms with Gasteiger partial charge < -0.3 is 4.74 Å². The molecule has 1 aromatic heterocycles. The third-order valence-electron chi connectivity index (χ3n) is 2.05. The molecule has 0 bridgehead atoms. The average molecular weight is 212 g/mol. The maximum atomic E-state index is 11.5. The average Bonchev–Trinajstić information content (AvgIpc) is 2.38. The fourth-order valence-corrected chi connectivity index (χ4v) is 1.24. The highest BCUT2D eigenvalue weighted by Gasteiger charge is 2.06. The molecule has 0 amide bonds. The second kappa shape index (κ2) is 5.07. The minimum atomic E-state index is -0.381. The third-order valence-corrected chi connectivity index (χ3v) is 2.05. The molecule has 0 aliphatic carbocycles. The summed E-state index contributed by atoms with van der Waals surface area (Å²) in [4.78, 5) is 15.3. The van der Waals surface area contributed by atoms with Crippen molar-refractivity contribution in [3.05, 3.63) is 66.0 Å². The number of nitrogens with zero attached hydrogens (tertiary/aromatic N) is 1. The first-order chi connectivity index (χ1) is 7.86. The predicted molar refractivity (Wildman–Crippen MR) is 58.6 cm³/mol. The first kappa shape index (κ1) is 10.4. The van der Waals surface area contributed by atoms with Crippen LogP contribution in [0.3, 0.4) is 0 Å². The third kappa shape index (κ3) is 2.67. The smallest absolute Gasteiger partial charge is 0.340 e. The van der Waals surface area contributed by atoms with Crippen molar-refractivity contribution in [1.82, 2.24) is 4.98 Å². The van der Waals surface area contributed by atoms with Crippen LogP contribution in [0.2, 0.25) is 0 Å². The van der Waals surface area contributed by atoms with Crippen molar-refractivity contribution in [3.8, 4) is 0 Å². The van der Waals surface area contributed by atoms with Gasteiger partial charge in [-0.15, -0.1) is 0 Å². The number of carbonyl (C=O) groups excluding carboxylic acids is 1. The molecule has 0 aliphatic heterocycles. The lowest BCUT2D eigenvalue weighted by Gasteiger charge is -2.03. The van der Waals surface area contributed by atoms with Crippen LogP contribution in [0.5, 0.6) is 0 Å². The highest BCUT2D eigenvalue weighted by Crippen LogP contribution is 2.04. The fourth-order valence-electron chi connectivity index (χ4n) is 1.24. The van der Waals surface area contributed by atoms with E-state index in [0.717, 1.165) is 5.56 Å². The van der Waals surface area contributed by atoms with Crippen molar-refractivity contribution >= 4 is 5.97 Å². The van der Waals surface area contributed by atoms with Crippen LogP contribution in [-0.2, 0) is 11.3 Å². The van der Waals surface area contributed by atoms with Crippen LogP contribution in [0.4, 0.5) is 0 Å². The van der Waals surface area contributed by atoms with E-state index in [1.165, 1.54) is 12.4 Å². The molecule has 1 aromatic carbocycles. The largest absolute Gasteiger partial charge is 0.457 e. The minimum absolute atomic E-state index is 0.272. The van der Waals surface area contributed by atoms with Crippen LogP contribution >= 0.6 is 0 Å². The number of benzene rings is 1. The van der Waals surface area contributed by atoms with E-state index in [2.05, 4.69) is 11.1 Å². The van der Waals surface area contributed by atoms with Gasteiger partial charge in [-0.2, -0.15) is 0 Å². The zero-order valence-corrected chi connectivity index (χ0v) is 8.59. The van der Waals surface area contributed by atoms with Crippen molar-refractivity contribution in [2.75, 3.05) is 0 Å². The van der Waals surface area contributed by atoms with Gasteiger partial charge in [-0.05, 0) is 11.6 Å². The maximum absolute atomic E-state index is 11.5. The molecule has 0 spiro atoms. The van der Waals surface area contributed by atoms with Crippen LogP contribution in [-0.4, -0.2) is 11.0 Å². The van der Waals surface area contributed by atoms with E-state index in [-0.39, 0.29) is 12.6 Å². The molecule has 1 radical (unpaired) electrons. The molecule has 0 fully saturated rings. The molecule has 0 saturated heterocycles. The highest BCUT2D eigenvalue weighted by molar-refractivity contribution is 5.88. The van der Waals surface area contributed by atoms with Crippen molar-refractivity contribution in [1.29, 1.82) is 0 Å². The Balaban J connectivity index is 1.95. The van der Waals surface area contributed by atoms with E-state index < -0.39 is 0 Å². The van der Waals surface area contributed by atoms with Crippen LogP contribution in [0.25, 0.3) is 0 Å². The van der Waals surface area contributed by atoms with Crippen LogP contribution in [0.1, 0.15) is 15.9 Å². The molecule has 16 heavy (non-hydrogen) atoms. The quantitative estimate of drug-likeness (QED) is 0.732. The Morgan fingerprint density at radius 3 is 2.81 bits per heavy atom. The van der Waals surface area contributed by atoms with Crippen LogP contribution in [0.15, 0.2) is 48.8 Å². The molecular formula is C13H10NO2.